The lowest BCUT2D eigenvalue weighted by Crippen LogP contribution is -2.36. The van der Waals surface area contributed by atoms with Crippen LogP contribution in [0.5, 0.6) is 0 Å². The van der Waals surface area contributed by atoms with Gasteiger partial charge in [-0.05, 0) is 96.9 Å². The van der Waals surface area contributed by atoms with Gasteiger partial charge in [0.2, 0.25) is 0 Å². The molecule has 4 heterocycles. The summed E-state index contributed by atoms with van der Waals surface area (Å²) in [5, 5.41) is 4.50. The normalized spacial score (nSPS) is 17.2. The first-order valence-corrected chi connectivity index (χ1v) is 12.9. The van der Waals surface area contributed by atoms with E-state index >= 15 is 0 Å². The van der Waals surface area contributed by atoms with Gasteiger partial charge >= 0.3 is 0 Å². The average Bonchev–Trinajstić information content (AvgIpc) is 2.99. The molecule has 0 fully saturated rings. The molecule has 184 valence electrons. The van der Waals surface area contributed by atoms with Gasteiger partial charge in [-0.1, -0.05) is 5.16 Å². The number of aryl methyl sites for hydroxylation is 6. The highest BCUT2D eigenvalue weighted by Crippen LogP contribution is 2.29. The molecule has 2 aromatic heterocycles. The van der Waals surface area contributed by atoms with Crippen LogP contribution in [0.25, 0.3) is 0 Å². The maximum atomic E-state index is 5.94. The van der Waals surface area contributed by atoms with E-state index in [0.29, 0.717) is 0 Å². The van der Waals surface area contributed by atoms with Crippen molar-refractivity contribution >= 4 is 17.1 Å². The van der Waals surface area contributed by atoms with E-state index in [2.05, 4.69) is 68.6 Å². The van der Waals surface area contributed by atoms with E-state index in [1.54, 1.807) is 0 Å². The Labute approximate surface area is 205 Å². The number of pyridine rings is 2. The van der Waals surface area contributed by atoms with E-state index in [1.807, 2.05) is 0 Å². The molecule has 6 heteroatoms. The summed E-state index contributed by atoms with van der Waals surface area (Å²) < 4.78 is 0. The average molecular weight is 464 g/mol. The van der Waals surface area contributed by atoms with Crippen molar-refractivity contribution in [2.24, 2.45) is 5.16 Å². The second-order valence-corrected chi connectivity index (χ2v) is 10.2. The van der Waals surface area contributed by atoms with Crippen LogP contribution in [-0.4, -0.2) is 48.0 Å². The molecule has 1 atom stereocenters. The smallest absolute Gasteiger partial charge is 0.142 e. The van der Waals surface area contributed by atoms with E-state index in [0.717, 1.165) is 69.0 Å². The zero-order valence-corrected chi connectivity index (χ0v) is 21.9. The minimum absolute atomic E-state index is 0.0243. The van der Waals surface area contributed by atoms with Gasteiger partial charge in [0.25, 0.3) is 0 Å². The Bertz CT molecular complexity index is 1050. The zero-order valence-electron chi connectivity index (χ0n) is 21.9. The van der Waals surface area contributed by atoms with E-state index in [4.69, 9.17) is 14.8 Å². The molecule has 2 aromatic rings. The molecule has 0 bridgehead atoms. The molecule has 0 unspecified atom stereocenters. The van der Waals surface area contributed by atoms with Crippen molar-refractivity contribution in [3.63, 3.8) is 0 Å². The Balaban J connectivity index is 1.33. The van der Waals surface area contributed by atoms with Crippen LogP contribution in [0, 0.1) is 27.7 Å². The number of rotatable bonds is 7. The maximum absolute atomic E-state index is 5.94. The zero-order chi connectivity index (χ0) is 24.2. The Morgan fingerprint density at radius 2 is 1.50 bits per heavy atom. The lowest BCUT2D eigenvalue weighted by atomic mass is 10.0. The third-order valence-electron chi connectivity index (χ3n) is 7.27. The highest BCUT2D eigenvalue weighted by atomic mass is 16.6. The summed E-state index contributed by atoms with van der Waals surface area (Å²) in [6.07, 6.45) is 6.63. The fraction of sp³-hybridized carbons (Fsp3) is 0.607. The van der Waals surface area contributed by atoms with Crippen molar-refractivity contribution in [2.45, 2.75) is 86.2 Å². The molecule has 4 rings (SSSR count). The highest BCUT2D eigenvalue weighted by Gasteiger charge is 2.22. The van der Waals surface area contributed by atoms with Crippen LogP contribution in [-0.2, 0) is 17.7 Å². The topological polar surface area (TPSA) is 53.9 Å². The van der Waals surface area contributed by atoms with E-state index in [-0.39, 0.29) is 6.10 Å². The summed E-state index contributed by atoms with van der Waals surface area (Å²) in [5.74, 6) is 0. The predicted octanol–water partition coefficient (Wildman–Crippen LogP) is 5.48. The predicted molar refractivity (Wildman–Crippen MR) is 141 cm³/mol. The molecule has 0 spiro atoms. The van der Waals surface area contributed by atoms with Crippen LogP contribution in [0.4, 0.5) is 11.4 Å². The van der Waals surface area contributed by atoms with Crippen molar-refractivity contribution in [3.8, 4) is 0 Å². The Hall–Kier alpha value is -2.63. The van der Waals surface area contributed by atoms with Crippen molar-refractivity contribution < 1.29 is 4.84 Å². The Kier molecular flexibility index (Phi) is 7.74. The van der Waals surface area contributed by atoms with Crippen molar-refractivity contribution in [1.29, 1.82) is 0 Å². The van der Waals surface area contributed by atoms with Crippen molar-refractivity contribution in [2.75, 3.05) is 36.0 Å². The van der Waals surface area contributed by atoms with Gasteiger partial charge in [0.05, 0.1) is 35.0 Å². The standard InChI is InChI=1S/C28H41N5O/c1-19-16-27-25(29-23(19)5)10-7-8-13-32(27)15-12-21(3)31-34-22(4)18-33-14-9-11-26-28(33)17-20(2)24(6)30-26/h16-17,22H,7-15,18H2,1-6H3/t22-/m1/s1. The molecule has 6 nitrogen and oxygen atoms in total. The van der Waals surface area contributed by atoms with Crippen LogP contribution in [0.1, 0.15) is 73.4 Å². The first-order chi connectivity index (χ1) is 16.3. The van der Waals surface area contributed by atoms with Gasteiger partial charge in [-0.3, -0.25) is 9.97 Å². The summed E-state index contributed by atoms with van der Waals surface area (Å²) in [5.41, 5.74) is 10.9. The minimum atomic E-state index is 0.0243. The van der Waals surface area contributed by atoms with Crippen LogP contribution < -0.4 is 9.80 Å². The molecule has 2 aliphatic rings. The lowest BCUT2D eigenvalue weighted by molar-refractivity contribution is 0.0762. The van der Waals surface area contributed by atoms with Gasteiger partial charge < -0.3 is 14.6 Å². The Morgan fingerprint density at radius 3 is 2.18 bits per heavy atom. The second kappa shape index (κ2) is 10.7. The van der Waals surface area contributed by atoms with Gasteiger partial charge in [0.15, 0.2) is 0 Å². The van der Waals surface area contributed by atoms with Crippen LogP contribution in [0.2, 0.25) is 0 Å². The molecule has 2 aliphatic heterocycles. The van der Waals surface area contributed by atoms with Gasteiger partial charge in [0.1, 0.15) is 6.10 Å². The summed E-state index contributed by atoms with van der Waals surface area (Å²) in [4.78, 5) is 20.6. The Morgan fingerprint density at radius 1 is 0.912 bits per heavy atom. The first-order valence-electron chi connectivity index (χ1n) is 12.9. The summed E-state index contributed by atoms with van der Waals surface area (Å²) in [6, 6.07) is 4.61. The molecule has 0 amide bonds. The number of nitrogens with zero attached hydrogens (tertiary/aromatic N) is 5. The van der Waals surface area contributed by atoms with Crippen molar-refractivity contribution in [3.05, 3.63) is 46.0 Å². The second-order valence-electron chi connectivity index (χ2n) is 10.2. The van der Waals surface area contributed by atoms with Gasteiger partial charge in [-0.15, -0.1) is 0 Å². The van der Waals surface area contributed by atoms with Crippen LogP contribution in [0.3, 0.4) is 0 Å². The first kappa shape index (κ1) is 24.5. The number of aromatic nitrogens is 2. The molecule has 0 radical (unpaired) electrons. The lowest BCUT2D eigenvalue weighted by Gasteiger charge is -2.32. The number of hydrogen-bond donors (Lipinski definition) is 0. The number of fused-ring (bicyclic) bond motifs is 2. The van der Waals surface area contributed by atoms with Crippen LogP contribution in [0.15, 0.2) is 17.3 Å². The third kappa shape index (κ3) is 5.70. The van der Waals surface area contributed by atoms with E-state index in [1.165, 1.54) is 46.7 Å². The fourth-order valence-corrected chi connectivity index (χ4v) is 4.96. The monoisotopic (exact) mass is 463 g/mol. The molecule has 0 aliphatic carbocycles. The summed E-state index contributed by atoms with van der Waals surface area (Å²) in [7, 11) is 0. The molecule has 34 heavy (non-hydrogen) atoms. The quantitative estimate of drug-likeness (QED) is 0.402. The largest absolute Gasteiger partial charge is 0.391 e. The number of oxime groups is 1. The number of anilines is 2. The van der Waals surface area contributed by atoms with Gasteiger partial charge in [-0.25, -0.2) is 0 Å². The maximum Gasteiger partial charge on any atom is 0.142 e. The highest BCUT2D eigenvalue weighted by molar-refractivity contribution is 5.82. The molecule has 0 N–H and O–H groups in total. The van der Waals surface area contributed by atoms with Gasteiger partial charge in [-0.2, -0.15) is 0 Å². The molecule has 0 saturated carbocycles. The molecular weight excluding hydrogens is 422 g/mol. The van der Waals surface area contributed by atoms with Gasteiger partial charge in [0, 0.05) is 37.4 Å². The number of hydrogen-bond acceptors (Lipinski definition) is 6. The molecule has 0 aromatic carbocycles. The fourth-order valence-electron chi connectivity index (χ4n) is 4.96. The summed E-state index contributed by atoms with van der Waals surface area (Å²) in [6.45, 7) is 16.6. The minimum Gasteiger partial charge on any atom is -0.391 e. The SMILES string of the molecule is CC(CCN1CCCCc2nc(C)c(C)cc21)=NO[C@H](C)CN1CCCc2nc(C)c(C)cc21. The van der Waals surface area contributed by atoms with E-state index in [9.17, 15) is 0 Å². The molecular formula is C28H41N5O. The van der Waals surface area contributed by atoms with Crippen molar-refractivity contribution in [1.82, 2.24) is 9.97 Å². The van der Waals surface area contributed by atoms with Crippen LogP contribution >= 0.6 is 0 Å². The third-order valence-corrected chi connectivity index (χ3v) is 7.27. The summed E-state index contributed by atoms with van der Waals surface area (Å²) >= 11 is 0. The molecule has 0 saturated heterocycles. The van der Waals surface area contributed by atoms with E-state index < -0.39 is 0 Å².